The Morgan fingerprint density at radius 1 is 1.69 bits per heavy atom. The molecule has 0 N–H and O–H groups in total. The summed E-state index contributed by atoms with van der Waals surface area (Å²) in [6.07, 6.45) is 2.33. The molecule has 1 unspecified atom stereocenters. The van der Waals surface area contributed by atoms with Gasteiger partial charge in [0.15, 0.2) is 0 Å². The molecule has 0 radical (unpaired) electrons. The molecule has 1 aromatic heterocycles. The standard InChI is InChI=1S/C11H13FN2OS/c1-14(9-3-5-16-7-9)11(15)8-2-4-13-10(12)6-8/h2,4,6,9H,3,5,7H2,1H3. The molecule has 1 atom stereocenters. The Balaban J connectivity index is 2.12. The van der Waals surface area contributed by atoms with E-state index < -0.39 is 5.95 Å². The second-order valence-corrected chi connectivity index (χ2v) is 4.95. The highest BCUT2D eigenvalue weighted by molar-refractivity contribution is 7.99. The zero-order valence-electron chi connectivity index (χ0n) is 9.02. The van der Waals surface area contributed by atoms with E-state index in [1.165, 1.54) is 12.3 Å². The summed E-state index contributed by atoms with van der Waals surface area (Å²) in [5, 5.41) is 0. The maximum atomic E-state index is 12.9. The van der Waals surface area contributed by atoms with Gasteiger partial charge in [-0.25, -0.2) is 4.98 Å². The van der Waals surface area contributed by atoms with Crippen molar-refractivity contribution < 1.29 is 9.18 Å². The molecule has 0 aliphatic carbocycles. The van der Waals surface area contributed by atoms with E-state index in [0.717, 1.165) is 17.9 Å². The van der Waals surface area contributed by atoms with Crippen molar-refractivity contribution in [1.29, 1.82) is 0 Å². The molecule has 3 nitrogen and oxygen atoms in total. The minimum absolute atomic E-state index is 0.131. The van der Waals surface area contributed by atoms with Gasteiger partial charge in [0, 0.05) is 36.7 Å². The van der Waals surface area contributed by atoms with E-state index in [1.807, 2.05) is 11.8 Å². The van der Waals surface area contributed by atoms with Gasteiger partial charge in [-0.1, -0.05) is 0 Å². The predicted molar refractivity (Wildman–Crippen MR) is 62.0 cm³/mol. The largest absolute Gasteiger partial charge is 0.338 e. The van der Waals surface area contributed by atoms with Crippen molar-refractivity contribution in [3.63, 3.8) is 0 Å². The highest BCUT2D eigenvalue weighted by Gasteiger charge is 2.24. The Hall–Kier alpha value is -1.10. The lowest BCUT2D eigenvalue weighted by Crippen LogP contribution is -2.37. The Kier molecular flexibility index (Phi) is 3.43. The molecule has 2 heterocycles. The topological polar surface area (TPSA) is 33.2 Å². The first-order chi connectivity index (χ1) is 7.68. The number of amides is 1. The summed E-state index contributed by atoms with van der Waals surface area (Å²) in [6.45, 7) is 0. The van der Waals surface area contributed by atoms with Gasteiger partial charge in [-0.15, -0.1) is 0 Å². The van der Waals surface area contributed by atoms with Crippen LogP contribution in [0.1, 0.15) is 16.8 Å². The quantitative estimate of drug-likeness (QED) is 0.739. The van der Waals surface area contributed by atoms with Crippen LogP contribution in [-0.2, 0) is 0 Å². The van der Waals surface area contributed by atoms with Gasteiger partial charge >= 0.3 is 0 Å². The average molecular weight is 240 g/mol. The third-order valence-corrected chi connectivity index (χ3v) is 3.89. The molecule has 16 heavy (non-hydrogen) atoms. The zero-order valence-corrected chi connectivity index (χ0v) is 9.84. The summed E-state index contributed by atoms with van der Waals surface area (Å²) < 4.78 is 12.9. The van der Waals surface area contributed by atoms with Gasteiger partial charge in [-0.3, -0.25) is 4.79 Å². The summed E-state index contributed by atoms with van der Waals surface area (Å²) in [4.78, 5) is 17.1. The number of hydrogen-bond donors (Lipinski definition) is 0. The molecular formula is C11H13FN2OS. The molecule has 1 amide bonds. The highest BCUT2D eigenvalue weighted by atomic mass is 32.2. The molecule has 0 bridgehead atoms. The zero-order chi connectivity index (χ0) is 11.5. The lowest BCUT2D eigenvalue weighted by atomic mass is 10.2. The number of pyridine rings is 1. The van der Waals surface area contributed by atoms with Gasteiger partial charge in [0.1, 0.15) is 0 Å². The van der Waals surface area contributed by atoms with E-state index in [4.69, 9.17) is 0 Å². The van der Waals surface area contributed by atoms with E-state index in [9.17, 15) is 9.18 Å². The number of nitrogens with zero attached hydrogens (tertiary/aromatic N) is 2. The van der Waals surface area contributed by atoms with Crippen LogP contribution >= 0.6 is 11.8 Å². The molecule has 0 spiro atoms. The van der Waals surface area contributed by atoms with Crippen LogP contribution in [0.25, 0.3) is 0 Å². The van der Waals surface area contributed by atoms with Crippen molar-refractivity contribution in [3.8, 4) is 0 Å². The fourth-order valence-electron chi connectivity index (χ4n) is 1.73. The third kappa shape index (κ3) is 2.35. The van der Waals surface area contributed by atoms with Crippen LogP contribution in [0.4, 0.5) is 4.39 Å². The number of aromatic nitrogens is 1. The van der Waals surface area contributed by atoms with Crippen molar-refractivity contribution in [2.75, 3.05) is 18.6 Å². The fourth-order valence-corrected chi connectivity index (χ4v) is 3.00. The Bertz CT molecular complexity index is 393. The number of halogens is 1. The van der Waals surface area contributed by atoms with E-state index in [2.05, 4.69) is 4.98 Å². The van der Waals surface area contributed by atoms with Gasteiger partial charge in [0.05, 0.1) is 0 Å². The van der Waals surface area contributed by atoms with Crippen LogP contribution in [0, 0.1) is 5.95 Å². The van der Waals surface area contributed by atoms with E-state index in [1.54, 1.807) is 18.0 Å². The SMILES string of the molecule is CN(C(=O)c1ccnc(F)c1)C1CCSC1. The summed E-state index contributed by atoms with van der Waals surface area (Å²) in [7, 11) is 1.78. The smallest absolute Gasteiger partial charge is 0.254 e. The first-order valence-electron chi connectivity index (χ1n) is 5.15. The van der Waals surface area contributed by atoms with Gasteiger partial charge in [-0.2, -0.15) is 16.2 Å². The van der Waals surface area contributed by atoms with E-state index >= 15 is 0 Å². The lowest BCUT2D eigenvalue weighted by Gasteiger charge is -2.23. The maximum Gasteiger partial charge on any atom is 0.254 e. The van der Waals surface area contributed by atoms with Crippen molar-refractivity contribution in [2.45, 2.75) is 12.5 Å². The molecule has 2 rings (SSSR count). The van der Waals surface area contributed by atoms with Crippen molar-refractivity contribution in [3.05, 3.63) is 29.8 Å². The third-order valence-electron chi connectivity index (χ3n) is 2.75. The summed E-state index contributed by atoms with van der Waals surface area (Å²) in [5.41, 5.74) is 0.367. The molecule has 1 aliphatic heterocycles. The number of carbonyl (C=O) groups is 1. The number of hydrogen-bond acceptors (Lipinski definition) is 3. The van der Waals surface area contributed by atoms with E-state index in [0.29, 0.717) is 5.56 Å². The minimum Gasteiger partial charge on any atom is -0.338 e. The number of thioether (sulfide) groups is 1. The van der Waals surface area contributed by atoms with Crippen molar-refractivity contribution in [2.24, 2.45) is 0 Å². The van der Waals surface area contributed by atoms with Crippen LogP contribution in [-0.4, -0.2) is 40.4 Å². The molecule has 1 aromatic rings. The molecular weight excluding hydrogens is 227 g/mol. The van der Waals surface area contributed by atoms with Crippen LogP contribution < -0.4 is 0 Å². The monoisotopic (exact) mass is 240 g/mol. The van der Waals surface area contributed by atoms with Crippen LogP contribution in [0.5, 0.6) is 0 Å². The second kappa shape index (κ2) is 4.82. The first-order valence-corrected chi connectivity index (χ1v) is 6.30. The second-order valence-electron chi connectivity index (χ2n) is 3.80. The van der Waals surface area contributed by atoms with Crippen LogP contribution in [0.15, 0.2) is 18.3 Å². The molecule has 1 aliphatic rings. The van der Waals surface area contributed by atoms with Crippen molar-refractivity contribution in [1.82, 2.24) is 9.88 Å². The highest BCUT2D eigenvalue weighted by Crippen LogP contribution is 2.22. The average Bonchev–Trinajstić information content (AvgIpc) is 2.80. The molecule has 1 saturated heterocycles. The molecule has 1 fully saturated rings. The maximum absolute atomic E-state index is 12.9. The Morgan fingerprint density at radius 2 is 2.50 bits per heavy atom. The summed E-state index contributed by atoms with van der Waals surface area (Å²) in [5.74, 6) is 1.32. The Labute approximate surface area is 98.0 Å². The lowest BCUT2D eigenvalue weighted by molar-refractivity contribution is 0.0747. The normalized spacial score (nSPS) is 19.8. The molecule has 0 aromatic carbocycles. The van der Waals surface area contributed by atoms with Crippen LogP contribution in [0.2, 0.25) is 0 Å². The van der Waals surface area contributed by atoms with E-state index in [-0.39, 0.29) is 11.9 Å². The molecule has 5 heteroatoms. The number of rotatable bonds is 2. The number of carbonyl (C=O) groups excluding carboxylic acids is 1. The van der Waals surface area contributed by atoms with Gasteiger partial charge in [0.25, 0.3) is 5.91 Å². The molecule has 0 saturated carbocycles. The van der Waals surface area contributed by atoms with Gasteiger partial charge in [0.2, 0.25) is 5.95 Å². The summed E-state index contributed by atoms with van der Waals surface area (Å²) in [6, 6.07) is 3.00. The first kappa shape index (κ1) is 11.4. The van der Waals surface area contributed by atoms with Crippen LogP contribution in [0.3, 0.4) is 0 Å². The van der Waals surface area contributed by atoms with Gasteiger partial charge in [-0.05, 0) is 18.2 Å². The Morgan fingerprint density at radius 3 is 3.12 bits per heavy atom. The van der Waals surface area contributed by atoms with Gasteiger partial charge < -0.3 is 4.90 Å². The summed E-state index contributed by atoms with van der Waals surface area (Å²) >= 11 is 1.85. The van der Waals surface area contributed by atoms with Crippen molar-refractivity contribution >= 4 is 17.7 Å². The minimum atomic E-state index is -0.611. The predicted octanol–water partition coefficient (Wildman–Crippen LogP) is 1.80. The molecule has 86 valence electrons. The fraction of sp³-hybridized carbons (Fsp3) is 0.455.